The lowest BCUT2D eigenvalue weighted by Crippen LogP contribution is -2.39. The first-order valence-corrected chi connectivity index (χ1v) is 5.62. The zero-order valence-electron chi connectivity index (χ0n) is 9.33. The van der Waals surface area contributed by atoms with Gasteiger partial charge < -0.3 is 4.74 Å². The van der Waals surface area contributed by atoms with Crippen molar-refractivity contribution in [2.75, 3.05) is 26.2 Å². The van der Waals surface area contributed by atoms with Crippen molar-refractivity contribution in [3.05, 3.63) is 0 Å². The van der Waals surface area contributed by atoms with Gasteiger partial charge in [0.05, 0.1) is 19.7 Å². The van der Waals surface area contributed by atoms with Crippen LogP contribution in [-0.4, -0.2) is 42.9 Å². The number of ketones is 1. The van der Waals surface area contributed by atoms with Crippen molar-refractivity contribution in [3.8, 4) is 0 Å². The van der Waals surface area contributed by atoms with Gasteiger partial charge in [-0.25, -0.2) is 0 Å². The predicted molar refractivity (Wildman–Crippen MR) is 56.5 cm³/mol. The summed E-state index contributed by atoms with van der Waals surface area (Å²) in [6, 6.07) is 0. The molecule has 4 heteroatoms. The number of unbranched alkanes of at least 4 members (excludes halogenated alkanes) is 1. The monoisotopic (exact) mass is 213 g/mol. The third-order valence-corrected chi connectivity index (χ3v) is 2.44. The molecule has 0 spiro atoms. The fourth-order valence-corrected chi connectivity index (χ4v) is 1.60. The van der Waals surface area contributed by atoms with Crippen molar-refractivity contribution < 1.29 is 14.3 Å². The number of ether oxygens (including phenoxy) is 1. The molecular weight excluding hydrogens is 194 g/mol. The molecule has 1 aliphatic heterocycles. The van der Waals surface area contributed by atoms with Crippen LogP contribution in [0.25, 0.3) is 0 Å². The second-order valence-electron chi connectivity index (χ2n) is 3.93. The highest BCUT2D eigenvalue weighted by atomic mass is 16.5. The summed E-state index contributed by atoms with van der Waals surface area (Å²) in [5.41, 5.74) is 0. The Balaban J connectivity index is 2.16. The van der Waals surface area contributed by atoms with Gasteiger partial charge in [0.15, 0.2) is 0 Å². The van der Waals surface area contributed by atoms with Crippen molar-refractivity contribution in [3.63, 3.8) is 0 Å². The van der Waals surface area contributed by atoms with Gasteiger partial charge in [0.1, 0.15) is 5.78 Å². The number of hydrogen-bond acceptors (Lipinski definition) is 4. The van der Waals surface area contributed by atoms with E-state index in [0.717, 1.165) is 25.8 Å². The first kappa shape index (κ1) is 12.2. The van der Waals surface area contributed by atoms with Gasteiger partial charge in [-0.3, -0.25) is 14.5 Å². The van der Waals surface area contributed by atoms with Crippen molar-refractivity contribution in [1.29, 1.82) is 0 Å². The Hall–Kier alpha value is -0.900. The Morgan fingerprint density at radius 2 is 2.33 bits per heavy atom. The molecule has 0 atom stereocenters. The molecule has 1 rings (SSSR count). The Labute approximate surface area is 90.6 Å². The summed E-state index contributed by atoms with van der Waals surface area (Å²) in [4.78, 5) is 24.3. The topological polar surface area (TPSA) is 46.6 Å². The predicted octanol–water partition coefficient (Wildman–Crippen LogP) is 0.995. The molecule has 0 N–H and O–H groups in total. The number of esters is 1. The quantitative estimate of drug-likeness (QED) is 0.505. The minimum absolute atomic E-state index is 0.210. The molecule has 4 nitrogen and oxygen atoms in total. The molecule has 0 unspecified atom stereocenters. The first-order chi connectivity index (χ1) is 7.22. The van der Waals surface area contributed by atoms with E-state index in [-0.39, 0.29) is 18.3 Å². The number of carbonyl (C=O) groups excluding carboxylic acids is 2. The third-order valence-electron chi connectivity index (χ3n) is 2.44. The van der Waals surface area contributed by atoms with E-state index in [1.807, 2.05) is 4.90 Å². The number of rotatable bonds is 5. The molecule has 86 valence electrons. The Kier molecular flexibility index (Phi) is 5.32. The maximum atomic E-state index is 11.3. The van der Waals surface area contributed by atoms with Crippen LogP contribution in [0.15, 0.2) is 0 Å². The fraction of sp³-hybridized carbons (Fsp3) is 0.818. The van der Waals surface area contributed by atoms with Crippen molar-refractivity contribution in [2.45, 2.75) is 32.6 Å². The van der Waals surface area contributed by atoms with Gasteiger partial charge in [-0.05, 0) is 19.4 Å². The number of carbonyl (C=O) groups is 2. The zero-order valence-corrected chi connectivity index (χ0v) is 9.33. The molecule has 0 amide bonds. The minimum Gasteiger partial charge on any atom is -0.465 e. The molecule has 0 aliphatic carbocycles. The molecule has 0 radical (unpaired) electrons. The van der Waals surface area contributed by atoms with E-state index in [4.69, 9.17) is 4.74 Å². The lowest BCUT2D eigenvalue weighted by atomic mass is 10.1. The van der Waals surface area contributed by atoms with Crippen LogP contribution in [0.3, 0.4) is 0 Å². The van der Waals surface area contributed by atoms with E-state index >= 15 is 0 Å². The smallest absolute Gasteiger partial charge is 0.320 e. The van der Waals surface area contributed by atoms with Crippen LogP contribution in [0.2, 0.25) is 0 Å². The summed E-state index contributed by atoms with van der Waals surface area (Å²) >= 11 is 0. The van der Waals surface area contributed by atoms with Crippen molar-refractivity contribution in [2.24, 2.45) is 0 Å². The molecular formula is C11H19NO3. The van der Waals surface area contributed by atoms with E-state index in [1.165, 1.54) is 0 Å². The first-order valence-electron chi connectivity index (χ1n) is 5.62. The van der Waals surface area contributed by atoms with Crippen LogP contribution in [-0.2, 0) is 14.3 Å². The standard InChI is InChI=1S/C11H19NO3/c1-2-3-7-15-11(14)9-12-6-4-5-10(13)8-12/h2-9H2,1H3. The Morgan fingerprint density at radius 3 is 3.00 bits per heavy atom. The number of likely N-dealkylation sites (tertiary alicyclic amines) is 1. The molecule has 0 bridgehead atoms. The largest absolute Gasteiger partial charge is 0.465 e. The molecule has 0 aromatic heterocycles. The lowest BCUT2D eigenvalue weighted by Gasteiger charge is -2.24. The van der Waals surface area contributed by atoms with Gasteiger partial charge in [-0.15, -0.1) is 0 Å². The van der Waals surface area contributed by atoms with E-state index in [1.54, 1.807) is 0 Å². The number of nitrogens with zero attached hydrogens (tertiary/aromatic N) is 1. The van der Waals surface area contributed by atoms with Crippen LogP contribution in [0, 0.1) is 0 Å². The molecule has 1 aliphatic rings. The van der Waals surface area contributed by atoms with E-state index < -0.39 is 0 Å². The molecule has 0 aromatic carbocycles. The average Bonchev–Trinajstić information content (AvgIpc) is 2.18. The lowest BCUT2D eigenvalue weighted by molar-refractivity contribution is -0.145. The van der Waals surface area contributed by atoms with Crippen molar-refractivity contribution in [1.82, 2.24) is 4.90 Å². The Bertz CT molecular complexity index is 228. The van der Waals surface area contributed by atoms with Crippen LogP contribution in [0.5, 0.6) is 0 Å². The molecule has 1 saturated heterocycles. The molecule has 0 aromatic rings. The SMILES string of the molecule is CCCCOC(=O)CN1CCCC(=O)C1. The minimum atomic E-state index is -0.210. The zero-order chi connectivity index (χ0) is 11.1. The highest BCUT2D eigenvalue weighted by Crippen LogP contribution is 2.05. The maximum absolute atomic E-state index is 11.3. The maximum Gasteiger partial charge on any atom is 0.320 e. The van der Waals surface area contributed by atoms with Crippen molar-refractivity contribution >= 4 is 11.8 Å². The summed E-state index contributed by atoms with van der Waals surface area (Å²) in [6.07, 6.45) is 3.45. The fourth-order valence-electron chi connectivity index (χ4n) is 1.60. The average molecular weight is 213 g/mol. The van der Waals surface area contributed by atoms with Gasteiger partial charge in [0, 0.05) is 6.42 Å². The van der Waals surface area contributed by atoms with Crippen LogP contribution in [0.4, 0.5) is 0 Å². The normalized spacial score (nSPS) is 17.8. The van der Waals surface area contributed by atoms with Gasteiger partial charge in [0.25, 0.3) is 0 Å². The molecule has 1 fully saturated rings. The van der Waals surface area contributed by atoms with E-state index in [0.29, 0.717) is 19.6 Å². The highest BCUT2D eigenvalue weighted by molar-refractivity contribution is 5.82. The summed E-state index contributed by atoms with van der Waals surface area (Å²) in [6.45, 7) is 4.04. The number of Topliss-reactive ketones (excluding diaryl/α,β-unsaturated/α-hetero) is 1. The van der Waals surface area contributed by atoms with Crippen LogP contribution in [0.1, 0.15) is 32.6 Å². The summed E-state index contributed by atoms with van der Waals surface area (Å²) in [5.74, 6) is 0.0146. The number of piperidine rings is 1. The summed E-state index contributed by atoms with van der Waals surface area (Å²) < 4.78 is 5.03. The van der Waals surface area contributed by atoms with Crippen LogP contribution >= 0.6 is 0 Å². The second-order valence-corrected chi connectivity index (χ2v) is 3.93. The van der Waals surface area contributed by atoms with E-state index in [9.17, 15) is 9.59 Å². The van der Waals surface area contributed by atoms with Gasteiger partial charge in [-0.1, -0.05) is 13.3 Å². The van der Waals surface area contributed by atoms with Gasteiger partial charge >= 0.3 is 5.97 Å². The van der Waals surface area contributed by atoms with Gasteiger partial charge in [-0.2, -0.15) is 0 Å². The molecule has 0 saturated carbocycles. The third kappa shape index (κ3) is 4.93. The van der Waals surface area contributed by atoms with Gasteiger partial charge in [0.2, 0.25) is 0 Å². The summed E-state index contributed by atoms with van der Waals surface area (Å²) in [5, 5.41) is 0. The highest BCUT2D eigenvalue weighted by Gasteiger charge is 2.19. The molecule has 1 heterocycles. The number of hydrogen-bond donors (Lipinski definition) is 0. The van der Waals surface area contributed by atoms with E-state index in [2.05, 4.69) is 6.92 Å². The summed E-state index contributed by atoms with van der Waals surface area (Å²) in [7, 11) is 0. The second kappa shape index (κ2) is 6.56. The molecule has 15 heavy (non-hydrogen) atoms. The Morgan fingerprint density at radius 1 is 1.53 bits per heavy atom. The van der Waals surface area contributed by atoms with Crippen LogP contribution < -0.4 is 0 Å².